The molecule has 1 aromatic rings. The molecular weight excluding hydrogens is 296 g/mol. The fourth-order valence-corrected chi connectivity index (χ4v) is 4.88. The van der Waals surface area contributed by atoms with Gasteiger partial charge < -0.3 is 0 Å². The second-order valence-electron chi connectivity index (χ2n) is 3.08. The lowest BCUT2D eigenvalue weighted by atomic mass is 10.6. The number of rotatable bonds is 3. The zero-order chi connectivity index (χ0) is 12.7. The van der Waals surface area contributed by atoms with E-state index in [1.807, 2.05) is 0 Å². The molecule has 0 aliphatic carbocycles. The third-order valence-electron chi connectivity index (χ3n) is 1.66. The molecule has 0 spiro atoms. The smallest absolute Gasteiger partial charge is 0.228 e. The molecule has 0 aromatic carbocycles. The summed E-state index contributed by atoms with van der Waals surface area (Å²) in [5, 5.41) is 0. The van der Waals surface area contributed by atoms with Crippen LogP contribution in [0.2, 0.25) is 0 Å². The number of thiazole rings is 1. The van der Waals surface area contributed by atoms with Gasteiger partial charge in [-0.15, -0.1) is 0 Å². The summed E-state index contributed by atoms with van der Waals surface area (Å²) in [4.78, 5) is 3.70. The number of hydrogen-bond acceptors (Lipinski definition) is 6. The van der Waals surface area contributed by atoms with Gasteiger partial charge in [0.15, 0.2) is 4.21 Å². The Morgan fingerprint density at radius 1 is 1.25 bits per heavy atom. The fraction of sp³-hybridized carbons (Fsp3) is 0.500. The first-order chi connectivity index (χ1) is 7.06. The number of halogens is 1. The molecule has 1 heterocycles. The molecule has 16 heavy (non-hydrogen) atoms. The van der Waals surface area contributed by atoms with E-state index in [4.69, 9.17) is 10.7 Å². The zero-order valence-corrected chi connectivity index (χ0v) is 11.8. The number of hydrogen-bond donors (Lipinski definition) is 0. The molecule has 0 bridgehead atoms. The van der Waals surface area contributed by atoms with E-state index in [2.05, 4.69) is 4.98 Å². The summed E-state index contributed by atoms with van der Waals surface area (Å²) in [6.07, 6.45) is 0. The van der Waals surface area contributed by atoms with Crippen molar-refractivity contribution in [1.82, 2.24) is 9.29 Å². The highest BCUT2D eigenvalue weighted by Crippen LogP contribution is 2.29. The minimum atomic E-state index is -3.95. The maximum Gasteiger partial charge on any atom is 0.272 e. The van der Waals surface area contributed by atoms with Gasteiger partial charge in [0.05, 0.1) is 5.69 Å². The van der Waals surface area contributed by atoms with Gasteiger partial charge in [-0.25, -0.2) is 26.1 Å². The highest BCUT2D eigenvalue weighted by atomic mass is 35.7. The van der Waals surface area contributed by atoms with Crippen molar-refractivity contribution in [2.24, 2.45) is 0 Å². The van der Waals surface area contributed by atoms with Crippen LogP contribution >= 0.6 is 22.0 Å². The summed E-state index contributed by atoms with van der Waals surface area (Å²) in [5.74, 6) is 0. The van der Waals surface area contributed by atoms with Gasteiger partial charge in [-0.3, -0.25) is 0 Å². The number of sulfonamides is 1. The summed E-state index contributed by atoms with van der Waals surface area (Å²) in [6.45, 7) is 1.39. The van der Waals surface area contributed by atoms with Crippen LogP contribution < -0.4 is 0 Å². The molecule has 0 N–H and O–H groups in total. The zero-order valence-electron chi connectivity index (χ0n) is 8.63. The van der Waals surface area contributed by atoms with Crippen molar-refractivity contribution in [2.45, 2.75) is 15.5 Å². The third-order valence-corrected chi connectivity index (χ3v) is 7.16. The first-order valence-corrected chi connectivity index (χ1v) is 8.48. The van der Waals surface area contributed by atoms with Crippen LogP contribution in [0.5, 0.6) is 0 Å². The monoisotopic (exact) mass is 304 g/mol. The van der Waals surface area contributed by atoms with Crippen molar-refractivity contribution in [3.05, 3.63) is 5.69 Å². The van der Waals surface area contributed by atoms with E-state index in [0.717, 1.165) is 4.31 Å². The van der Waals surface area contributed by atoms with Crippen molar-refractivity contribution in [3.63, 3.8) is 0 Å². The lowest BCUT2D eigenvalue weighted by Crippen LogP contribution is -2.21. The molecular formula is C6H9ClN2O4S3. The lowest BCUT2D eigenvalue weighted by molar-refractivity contribution is 0.520. The Morgan fingerprint density at radius 3 is 2.06 bits per heavy atom. The van der Waals surface area contributed by atoms with E-state index in [-0.39, 0.29) is 14.2 Å². The van der Waals surface area contributed by atoms with Crippen LogP contribution in [-0.2, 0) is 19.1 Å². The Hall–Kier alpha value is -0.220. The molecule has 0 saturated heterocycles. The molecule has 0 saturated carbocycles. The molecule has 0 aliphatic heterocycles. The van der Waals surface area contributed by atoms with E-state index >= 15 is 0 Å². The van der Waals surface area contributed by atoms with E-state index < -0.39 is 19.1 Å². The van der Waals surface area contributed by atoms with Crippen LogP contribution in [0.25, 0.3) is 0 Å². The number of nitrogens with zero attached hydrogens (tertiary/aromatic N) is 2. The summed E-state index contributed by atoms with van der Waals surface area (Å²) in [6, 6.07) is 0. The van der Waals surface area contributed by atoms with E-state index in [9.17, 15) is 16.8 Å². The quantitative estimate of drug-likeness (QED) is 0.765. The molecule has 92 valence electrons. The van der Waals surface area contributed by atoms with Crippen LogP contribution in [0.1, 0.15) is 5.69 Å². The minimum absolute atomic E-state index is 0.0837. The average molecular weight is 305 g/mol. The summed E-state index contributed by atoms with van der Waals surface area (Å²) in [7, 11) is 0.135. The second kappa shape index (κ2) is 4.22. The summed E-state index contributed by atoms with van der Waals surface area (Å²) in [5.41, 5.74) is 0.0837. The molecule has 1 aromatic heterocycles. The molecule has 0 atom stereocenters. The SMILES string of the molecule is Cc1nc(S(=O)(=O)N(C)C)sc1S(=O)(=O)Cl. The van der Waals surface area contributed by atoms with Crippen LogP contribution in [0.3, 0.4) is 0 Å². The largest absolute Gasteiger partial charge is 0.272 e. The van der Waals surface area contributed by atoms with Crippen molar-refractivity contribution in [3.8, 4) is 0 Å². The first-order valence-electron chi connectivity index (χ1n) is 3.91. The topological polar surface area (TPSA) is 84.4 Å². The van der Waals surface area contributed by atoms with Gasteiger partial charge in [-0.2, -0.15) is 0 Å². The van der Waals surface area contributed by atoms with Gasteiger partial charge >= 0.3 is 0 Å². The van der Waals surface area contributed by atoms with E-state index in [1.165, 1.54) is 21.0 Å². The molecule has 10 heteroatoms. The predicted octanol–water partition coefficient (Wildman–Crippen LogP) is 0.629. The summed E-state index contributed by atoms with van der Waals surface area (Å²) >= 11 is 0.541. The standard InChI is InChI=1S/C6H9ClN2O4S3/c1-4-5(15(7,10)11)14-6(8-4)16(12,13)9(2)3/h1-3H3. The molecule has 6 nitrogen and oxygen atoms in total. The van der Waals surface area contributed by atoms with Crippen molar-refractivity contribution in [2.75, 3.05) is 14.1 Å². The summed E-state index contributed by atoms with van der Waals surface area (Å²) < 4.78 is 45.9. The molecule has 0 unspecified atom stereocenters. The number of aryl methyl sites for hydroxylation is 1. The maximum absolute atomic E-state index is 11.7. The Morgan fingerprint density at radius 2 is 1.75 bits per heavy atom. The number of aromatic nitrogens is 1. The van der Waals surface area contributed by atoms with Crippen molar-refractivity contribution < 1.29 is 16.8 Å². The predicted molar refractivity (Wildman–Crippen MR) is 60.8 cm³/mol. The molecule has 1 rings (SSSR count). The Balaban J connectivity index is 3.44. The van der Waals surface area contributed by atoms with Crippen LogP contribution in [0.4, 0.5) is 0 Å². The van der Waals surface area contributed by atoms with Gasteiger partial charge in [0, 0.05) is 24.8 Å². The van der Waals surface area contributed by atoms with Crippen LogP contribution in [0.15, 0.2) is 8.55 Å². The van der Waals surface area contributed by atoms with Crippen LogP contribution in [0, 0.1) is 6.92 Å². The Bertz CT molecular complexity index is 602. The lowest BCUT2D eigenvalue weighted by Gasteiger charge is -2.06. The highest BCUT2D eigenvalue weighted by Gasteiger charge is 2.27. The molecule has 0 amide bonds. The van der Waals surface area contributed by atoms with Crippen LogP contribution in [-0.4, -0.2) is 40.2 Å². The Kier molecular flexibility index (Phi) is 3.65. The molecule has 0 radical (unpaired) electrons. The normalized spacial score (nSPS) is 13.3. The maximum atomic E-state index is 11.7. The molecule has 0 fully saturated rings. The minimum Gasteiger partial charge on any atom is -0.228 e. The molecule has 0 aliphatic rings. The van der Waals surface area contributed by atoms with E-state index in [0.29, 0.717) is 11.3 Å². The van der Waals surface area contributed by atoms with Gasteiger partial charge in [0.25, 0.3) is 19.1 Å². The highest BCUT2D eigenvalue weighted by molar-refractivity contribution is 8.15. The van der Waals surface area contributed by atoms with Crippen molar-refractivity contribution >= 4 is 41.1 Å². The fourth-order valence-electron chi connectivity index (χ4n) is 0.851. The first kappa shape index (κ1) is 13.8. The van der Waals surface area contributed by atoms with Crippen molar-refractivity contribution in [1.29, 1.82) is 0 Å². The van der Waals surface area contributed by atoms with Gasteiger partial charge in [0.1, 0.15) is 0 Å². The van der Waals surface area contributed by atoms with Gasteiger partial charge in [-0.05, 0) is 6.92 Å². The second-order valence-corrected chi connectivity index (χ2v) is 9.16. The van der Waals surface area contributed by atoms with Gasteiger partial charge in [0.2, 0.25) is 4.34 Å². The third kappa shape index (κ3) is 2.54. The van der Waals surface area contributed by atoms with E-state index in [1.54, 1.807) is 0 Å². The van der Waals surface area contributed by atoms with Gasteiger partial charge in [-0.1, -0.05) is 11.3 Å². The average Bonchev–Trinajstić information content (AvgIpc) is 2.46. The Labute approximate surface area is 102 Å².